The second-order valence-corrected chi connectivity index (χ2v) is 6.14. The standard InChI is InChI=1S/C14H21BrO2/c1-10(2)8-14(3,16)9-11-7-12(15)5-6-13(11)17-4/h5-7,10,16H,8-9H2,1-4H3. The zero-order valence-corrected chi connectivity index (χ0v) is 12.5. The molecule has 0 saturated carbocycles. The van der Waals surface area contributed by atoms with Crippen LogP contribution >= 0.6 is 15.9 Å². The molecule has 0 heterocycles. The summed E-state index contributed by atoms with van der Waals surface area (Å²) in [5.74, 6) is 1.31. The van der Waals surface area contributed by atoms with Gasteiger partial charge in [0, 0.05) is 10.9 Å². The summed E-state index contributed by atoms with van der Waals surface area (Å²) in [6, 6.07) is 5.87. The lowest BCUT2D eigenvalue weighted by Crippen LogP contribution is -2.29. The van der Waals surface area contributed by atoms with Crippen LogP contribution < -0.4 is 4.74 Å². The molecule has 17 heavy (non-hydrogen) atoms. The molecule has 96 valence electrons. The first-order valence-corrected chi connectivity index (χ1v) is 6.68. The highest BCUT2D eigenvalue weighted by molar-refractivity contribution is 9.10. The molecule has 1 atom stereocenters. The number of benzene rings is 1. The summed E-state index contributed by atoms with van der Waals surface area (Å²) in [5.41, 5.74) is 0.343. The van der Waals surface area contributed by atoms with Gasteiger partial charge >= 0.3 is 0 Å². The van der Waals surface area contributed by atoms with Gasteiger partial charge in [0.05, 0.1) is 12.7 Å². The maximum Gasteiger partial charge on any atom is 0.122 e. The van der Waals surface area contributed by atoms with Crippen LogP contribution in [0.4, 0.5) is 0 Å². The van der Waals surface area contributed by atoms with Crippen LogP contribution in [-0.4, -0.2) is 17.8 Å². The van der Waals surface area contributed by atoms with E-state index in [2.05, 4.69) is 29.8 Å². The summed E-state index contributed by atoms with van der Waals surface area (Å²) in [5, 5.41) is 10.4. The minimum atomic E-state index is -0.692. The summed E-state index contributed by atoms with van der Waals surface area (Å²) >= 11 is 3.45. The van der Waals surface area contributed by atoms with E-state index in [0.29, 0.717) is 12.3 Å². The summed E-state index contributed by atoms with van der Waals surface area (Å²) in [6.07, 6.45) is 1.39. The molecule has 0 bridgehead atoms. The average molecular weight is 301 g/mol. The zero-order chi connectivity index (χ0) is 13.1. The number of methoxy groups -OCH3 is 1. The Hall–Kier alpha value is -0.540. The van der Waals surface area contributed by atoms with Gasteiger partial charge in [-0.1, -0.05) is 29.8 Å². The molecule has 0 aliphatic carbocycles. The van der Waals surface area contributed by atoms with Gasteiger partial charge in [-0.2, -0.15) is 0 Å². The topological polar surface area (TPSA) is 29.5 Å². The lowest BCUT2D eigenvalue weighted by atomic mass is 9.88. The Morgan fingerprint density at radius 3 is 2.59 bits per heavy atom. The predicted octanol–water partition coefficient (Wildman–Crippen LogP) is 3.80. The van der Waals surface area contributed by atoms with Crippen LogP contribution in [0.5, 0.6) is 5.75 Å². The lowest BCUT2D eigenvalue weighted by molar-refractivity contribution is 0.0382. The van der Waals surface area contributed by atoms with Crippen molar-refractivity contribution in [3.63, 3.8) is 0 Å². The monoisotopic (exact) mass is 300 g/mol. The molecular formula is C14H21BrO2. The molecule has 3 heteroatoms. The van der Waals surface area contributed by atoms with Gasteiger partial charge in [-0.3, -0.25) is 0 Å². The third kappa shape index (κ3) is 4.68. The largest absolute Gasteiger partial charge is 0.496 e. The van der Waals surface area contributed by atoms with E-state index in [1.807, 2.05) is 25.1 Å². The van der Waals surface area contributed by atoms with Crippen molar-refractivity contribution in [3.05, 3.63) is 28.2 Å². The highest BCUT2D eigenvalue weighted by Gasteiger charge is 2.24. The van der Waals surface area contributed by atoms with Crippen molar-refractivity contribution >= 4 is 15.9 Å². The summed E-state index contributed by atoms with van der Waals surface area (Å²) in [6.45, 7) is 6.12. The van der Waals surface area contributed by atoms with Crippen LogP contribution in [-0.2, 0) is 6.42 Å². The predicted molar refractivity (Wildman–Crippen MR) is 74.5 cm³/mol. The third-order valence-corrected chi connectivity index (χ3v) is 3.15. The molecule has 1 unspecified atom stereocenters. The minimum absolute atomic E-state index is 0.475. The first-order valence-electron chi connectivity index (χ1n) is 5.89. The fourth-order valence-corrected chi connectivity index (χ4v) is 2.66. The van der Waals surface area contributed by atoms with Crippen LogP contribution in [0.25, 0.3) is 0 Å². The zero-order valence-electron chi connectivity index (χ0n) is 11.0. The van der Waals surface area contributed by atoms with Gasteiger partial charge < -0.3 is 9.84 Å². The Labute approximate surface area is 112 Å². The van der Waals surface area contributed by atoms with Crippen molar-refractivity contribution in [1.29, 1.82) is 0 Å². The minimum Gasteiger partial charge on any atom is -0.496 e. The average Bonchev–Trinajstić information content (AvgIpc) is 2.14. The number of ether oxygens (including phenoxy) is 1. The van der Waals surface area contributed by atoms with Gasteiger partial charge in [0.25, 0.3) is 0 Å². The van der Waals surface area contributed by atoms with E-state index >= 15 is 0 Å². The molecule has 0 aliphatic heterocycles. The summed E-state index contributed by atoms with van der Waals surface area (Å²) in [7, 11) is 1.66. The molecule has 0 aromatic heterocycles. The molecule has 1 rings (SSSR count). The number of hydrogen-bond acceptors (Lipinski definition) is 2. The molecule has 0 amide bonds. The second kappa shape index (κ2) is 5.87. The van der Waals surface area contributed by atoms with Gasteiger partial charge in [-0.25, -0.2) is 0 Å². The number of halogens is 1. The summed E-state index contributed by atoms with van der Waals surface area (Å²) < 4.78 is 6.33. The van der Waals surface area contributed by atoms with Crippen molar-refractivity contribution in [1.82, 2.24) is 0 Å². The van der Waals surface area contributed by atoms with Crippen molar-refractivity contribution in [2.75, 3.05) is 7.11 Å². The number of aliphatic hydroxyl groups is 1. The van der Waals surface area contributed by atoms with E-state index < -0.39 is 5.60 Å². The maximum atomic E-state index is 10.4. The molecule has 1 aromatic rings. The Morgan fingerprint density at radius 1 is 1.41 bits per heavy atom. The molecule has 1 aromatic carbocycles. The first kappa shape index (κ1) is 14.5. The molecule has 0 fully saturated rings. The lowest BCUT2D eigenvalue weighted by Gasteiger charge is -2.26. The Kier molecular flexibility index (Phi) is 5.02. The molecule has 0 radical (unpaired) electrons. The SMILES string of the molecule is COc1ccc(Br)cc1CC(C)(O)CC(C)C. The molecule has 1 N–H and O–H groups in total. The first-order chi connectivity index (χ1) is 7.84. The van der Waals surface area contributed by atoms with Crippen molar-refractivity contribution < 1.29 is 9.84 Å². The van der Waals surface area contributed by atoms with Crippen LogP contribution in [0.15, 0.2) is 22.7 Å². The number of rotatable bonds is 5. The fraction of sp³-hybridized carbons (Fsp3) is 0.571. The van der Waals surface area contributed by atoms with Crippen molar-refractivity contribution in [2.45, 2.75) is 39.2 Å². The van der Waals surface area contributed by atoms with Gasteiger partial charge in [-0.15, -0.1) is 0 Å². The van der Waals surface area contributed by atoms with E-state index in [1.165, 1.54) is 0 Å². The fourth-order valence-electron chi connectivity index (χ4n) is 2.25. The second-order valence-electron chi connectivity index (χ2n) is 5.23. The van der Waals surface area contributed by atoms with E-state index in [4.69, 9.17) is 4.74 Å². The van der Waals surface area contributed by atoms with Gasteiger partial charge in [0.1, 0.15) is 5.75 Å². The molecule has 0 spiro atoms. The quantitative estimate of drug-likeness (QED) is 0.896. The summed E-state index contributed by atoms with van der Waals surface area (Å²) in [4.78, 5) is 0. The Balaban J connectivity index is 2.89. The smallest absolute Gasteiger partial charge is 0.122 e. The van der Waals surface area contributed by atoms with E-state index in [-0.39, 0.29) is 0 Å². The molecule has 0 saturated heterocycles. The Bertz CT molecular complexity index is 372. The molecule has 2 nitrogen and oxygen atoms in total. The van der Waals surface area contributed by atoms with E-state index in [0.717, 1.165) is 22.2 Å². The van der Waals surface area contributed by atoms with Crippen LogP contribution in [0, 0.1) is 5.92 Å². The highest BCUT2D eigenvalue weighted by atomic mass is 79.9. The van der Waals surface area contributed by atoms with E-state index in [9.17, 15) is 5.11 Å². The van der Waals surface area contributed by atoms with Crippen LogP contribution in [0.2, 0.25) is 0 Å². The van der Waals surface area contributed by atoms with E-state index in [1.54, 1.807) is 7.11 Å². The van der Waals surface area contributed by atoms with Gasteiger partial charge in [0.2, 0.25) is 0 Å². The maximum absolute atomic E-state index is 10.4. The van der Waals surface area contributed by atoms with Gasteiger partial charge in [-0.05, 0) is 43.0 Å². The Morgan fingerprint density at radius 2 is 2.06 bits per heavy atom. The van der Waals surface area contributed by atoms with Gasteiger partial charge in [0.15, 0.2) is 0 Å². The van der Waals surface area contributed by atoms with Crippen molar-refractivity contribution in [2.24, 2.45) is 5.92 Å². The normalized spacial score (nSPS) is 14.8. The van der Waals surface area contributed by atoms with Crippen molar-refractivity contribution in [3.8, 4) is 5.75 Å². The molecular weight excluding hydrogens is 280 g/mol. The molecule has 0 aliphatic rings. The number of hydrogen-bond donors (Lipinski definition) is 1. The van der Waals surface area contributed by atoms with Crippen LogP contribution in [0.3, 0.4) is 0 Å². The van der Waals surface area contributed by atoms with Crippen LogP contribution in [0.1, 0.15) is 32.8 Å². The third-order valence-electron chi connectivity index (χ3n) is 2.66. The highest BCUT2D eigenvalue weighted by Crippen LogP contribution is 2.29.